The molecule has 0 atom stereocenters. The summed E-state index contributed by atoms with van der Waals surface area (Å²) in [4.78, 5) is 13.3. The van der Waals surface area contributed by atoms with Gasteiger partial charge in [-0.25, -0.2) is 0 Å². The maximum absolute atomic E-state index is 11.9. The molecule has 0 N–H and O–H groups in total. The summed E-state index contributed by atoms with van der Waals surface area (Å²) in [5.41, 5.74) is 3.55. The van der Waals surface area contributed by atoms with Gasteiger partial charge < -0.3 is 0 Å². The third-order valence-corrected chi connectivity index (χ3v) is 3.37. The second-order valence-corrected chi connectivity index (χ2v) is 4.69. The maximum Gasteiger partial charge on any atom is 0.325 e. The van der Waals surface area contributed by atoms with Crippen molar-refractivity contribution in [1.29, 1.82) is 5.26 Å². The topological polar surface area (TPSA) is 44.1 Å². The second kappa shape index (κ2) is 4.84. The fraction of sp³-hybridized carbons (Fsp3) is 0. The van der Waals surface area contributed by atoms with Gasteiger partial charge in [0.1, 0.15) is 0 Å². The molecular formula is C16H9ClN2O. The van der Waals surface area contributed by atoms with E-state index in [9.17, 15) is 4.79 Å². The Morgan fingerprint density at radius 3 is 2.45 bits per heavy atom. The molecule has 0 radical (unpaired) electrons. The van der Waals surface area contributed by atoms with E-state index in [-0.39, 0.29) is 0 Å². The standard InChI is InChI=1S/C16H9ClN2O/c17-16(20)19-14-4-2-1-3-12(14)7-8-13-6-5-11(10-18)9-15(13)19/h1-9H. The summed E-state index contributed by atoms with van der Waals surface area (Å²) in [6, 6.07) is 14.8. The molecule has 0 fully saturated rings. The molecule has 1 aliphatic heterocycles. The zero-order valence-electron chi connectivity index (χ0n) is 10.4. The van der Waals surface area contributed by atoms with Crippen LogP contribution in [0, 0.1) is 11.3 Å². The van der Waals surface area contributed by atoms with Crippen molar-refractivity contribution in [3.8, 4) is 6.07 Å². The molecule has 2 aromatic carbocycles. The number of halogens is 1. The molecule has 1 amide bonds. The SMILES string of the molecule is N#Cc1ccc2c(c1)N(C(=O)Cl)c1ccccc1C=C2. The number of carbonyl (C=O) groups excluding carboxylic acids is 1. The van der Waals surface area contributed by atoms with Crippen LogP contribution in [0.15, 0.2) is 42.5 Å². The number of rotatable bonds is 0. The van der Waals surface area contributed by atoms with Gasteiger partial charge in [0.15, 0.2) is 0 Å². The van der Waals surface area contributed by atoms with Gasteiger partial charge in [0.25, 0.3) is 0 Å². The normalized spacial score (nSPS) is 12.1. The predicted octanol–water partition coefficient (Wildman–Crippen LogP) is 4.54. The number of hydrogen-bond acceptors (Lipinski definition) is 2. The summed E-state index contributed by atoms with van der Waals surface area (Å²) in [6.45, 7) is 0. The van der Waals surface area contributed by atoms with E-state index >= 15 is 0 Å². The highest BCUT2D eigenvalue weighted by atomic mass is 35.5. The van der Waals surface area contributed by atoms with Crippen LogP contribution in [0.5, 0.6) is 0 Å². The van der Waals surface area contributed by atoms with Crippen molar-refractivity contribution in [2.45, 2.75) is 0 Å². The van der Waals surface area contributed by atoms with Gasteiger partial charge in [-0.3, -0.25) is 9.69 Å². The average Bonchev–Trinajstić information content (AvgIpc) is 2.62. The van der Waals surface area contributed by atoms with Crippen LogP contribution in [0.1, 0.15) is 16.7 Å². The largest absolute Gasteiger partial charge is 0.325 e. The maximum atomic E-state index is 11.9. The minimum atomic E-state index is -0.600. The Morgan fingerprint density at radius 1 is 1.05 bits per heavy atom. The summed E-state index contributed by atoms with van der Waals surface area (Å²) >= 11 is 5.76. The van der Waals surface area contributed by atoms with Crippen LogP contribution >= 0.6 is 11.6 Å². The van der Waals surface area contributed by atoms with Gasteiger partial charge >= 0.3 is 5.37 Å². The molecule has 2 aromatic rings. The van der Waals surface area contributed by atoms with E-state index in [1.165, 1.54) is 4.90 Å². The van der Waals surface area contributed by atoms with Crippen LogP contribution in [0.4, 0.5) is 16.2 Å². The molecule has 0 unspecified atom stereocenters. The molecule has 0 spiro atoms. The van der Waals surface area contributed by atoms with Gasteiger partial charge in [0, 0.05) is 0 Å². The van der Waals surface area contributed by atoms with Crippen LogP contribution in [0.2, 0.25) is 0 Å². The lowest BCUT2D eigenvalue weighted by Crippen LogP contribution is -2.20. The number of fused-ring (bicyclic) bond motifs is 2. The zero-order chi connectivity index (χ0) is 14.1. The zero-order valence-corrected chi connectivity index (χ0v) is 11.1. The van der Waals surface area contributed by atoms with Crippen molar-refractivity contribution in [2.75, 3.05) is 4.90 Å². The average molecular weight is 281 g/mol. The molecule has 4 heteroatoms. The molecule has 1 aliphatic rings. The van der Waals surface area contributed by atoms with Crippen molar-refractivity contribution in [3.05, 3.63) is 59.2 Å². The summed E-state index contributed by atoms with van der Waals surface area (Å²) in [6.07, 6.45) is 3.84. The van der Waals surface area contributed by atoms with Crippen molar-refractivity contribution in [3.63, 3.8) is 0 Å². The van der Waals surface area contributed by atoms with Gasteiger partial charge in [-0.2, -0.15) is 5.26 Å². The molecule has 96 valence electrons. The number of amides is 1. The first kappa shape index (κ1) is 12.5. The second-order valence-electron chi connectivity index (χ2n) is 4.37. The van der Waals surface area contributed by atoms with E-state index in [0.717, 1.165) is 11.1 Å². The van der Waals surface area contributed by atoms with Crippen molar-refractivity contribution in [1.82, 2.24) is 0 Å². The van der Waals surface area contributed by atoms with Crippen molar-refractivity contribution < 1.29 is 4.79 Å². The Labute approximate surface area is 121 Å². The lowest BCUT2D eigenvalue weighted by Gasteiger charge is -2.22. The van der Waals surface area contributed by atoms with E-state index in [2.05, 4.69) is 6.07 Å². The summed E-state index contributed by atoms with van der Waals surface area (Å²) in [5, 5.41) is 8.43. The van der Waals surface area contributed by atoms with Gasteiger partial charge in [0.05, 0.1) is 23.0 Å². The van der Waals surface area contributed by atoms with E-state index in [4.69, 9.17) is 16.9 Å². The van der Waals surface area contributed by atoms with E-state index in [1.54, 1.807) is 12.1 Å². The number of carbonyl (C=O) groups is 1. The van der Waals surface area contributed by atoms with Crippen LogP contribution in [0.25, 0.3) is 12.2 Å². The third-order valence-electron chi connectivity index (χ3n) is 3.20. The monoisotopic (exact) mass is 280 g/mol. The van der Waals surface area contributed by atoms with Crippen LogP contribution in [-0.2, 0) is 0 Å². The van der Waals surface area contributed by atoms with Gasteiger partial charge in [0.2, 0.25) is 0 Å². The lowest BCUT2D eigenvalue weighted by atomic mass is 10.1. The Kier molecular flexibility index (Phi) is 3.02. The number of para-hydroxylation sites is 1. The number of benzene rings is 2. The van der Waals surface area contributed by atoms with Crippen LogP contribution < -0.4 is 4.90 Å². The number of nitrogens with zero attached hydrogens (tertiary/aromatic N) is 2. The Bertz CT molecular complexity index is 774. The highest BCUT2D eigenvalue weighted by Gasteiger charge is 2.22. The van der Waals surface area contributed by atoms with E-state index < -0.39 is 5.37 Å². The molecule has 1 heterocycles. The summed E-state index contributed by atoms with van der Waals surface area (Å²) in [5.74, 6) is 0. The molecule has 0 aliphatic carbocycles. The third kappa shape index (κ3) is 1.97. The predicted molar refractivity (Wildman–Crippen MR) is 79.9 cm³/mol. The van der Waals surface area contributed by atoms with Crippen molar-refractivity contribution >= 4 is 40.5 Å². The summed E-state index contributed by atoms with van der Waals surface area (Å²) in [7, 11) is 0. The molecule has 3 nitrogen and oxygen atoms in total. The lowest BCUT2D eigenvalue weighted by molar-refractivity contribution is 0.266. The molecule has 0 aromatic heterocycles. The minimum absolute atomic E-state index is 0.486. The molecule has 3 rings (SSSR count). The molecule has 20 heavy (non-hydrogen) atoms. The first-order valence-electron chi connectivity index (χ1n) is 6.01. The number of anilines is 2. The molecular weight excluding hydrogens is 272 g/mol. The van der Waals surface area contributed by atoms with Gasteiger partial charge in [-0.15, -0.1) is 0 Å². The smallest absolute Gasteiger partial charge is 0.266 e. The van der Waals surface area contributed by atoms with Gasteiger partial charge in [-0.1, -0.05) is 36.4 Å². The fourth-order valence-electron chi connectivity index (χ4n) is 2.28. The quantitative estimate of drug-likeness (QED) is 0.525. The highest BCUT2D eigenvalue weighted by molar-refractivity contribution is 6.67. The van der Waals surface area contributed by atoms with Gasteiger partial charge in [-0.05, 0) is 40.9 Å². The minimum Gasteiger partial charge on any atom is -0.266 e. The Balaban J connectivity index is 2.31. The Morgan fingerprint density at radius 2 is 1.75 bits per heavy atom. The molecule has 0 saturated heterocycles. The first-order chi connectivity index (χ1) is 9.70. The number of nitriles is 1. The van der Waals surface area contributed by atoms with E-state index in [1.807, 2.05) is 42.5 Å². The molecule has 0 saturated carbocycles. The van der Waals surface area contributed by atoms with Crippen molar-refractivity contribution in [2.24, 2.45) is 0 Å². The highest BCUT2D eigenvalue weighted by Crippen LogP contribution is 2.37. The van der Waals surface area contributed by atoms with Crippen LogP contribution in [-0.4, -0.2) is 5.37 Å². The Hall–Kier alpha value is -2.57. The first-order valence-corrected chi connectivity index (χ1v) is 6.39. The number of hydrogen-bond donors (Lipinski definition) is 0. The van der Waals surface area contributed by atoms with E-state index in [0.29, 0.717) is 16.9 Å². The van der Waals surface area contributed by atoms with Crippen LogP contribution in [0.3, 0.4) is 0 Å². The fourth-order valence-corrected chi connectivity index (χ4v) is 2.46. The molecule has 0 bridgehead atoms. The summed E-state index contributed by atoms with van der Waals surface area (Å²) < 4.78 is 0.